The van der Waals surface area contributed by atoms with E-state index in [0.29, 0.717) is 11.3 Å². The van der Waals surface area contributed by atoms with Crippen LogP contribution in [-0.4, -0.2) is 48.7 Å². The summed E-state index contributed by atoms with van der Waals surface area (Å²) in [5.41, 5.74) is 0.681. The standard InChI is InChI=1S/C18H23NO5/c1-23-16-12-14(6-8-15(16)20)7-9-18(22)24-13-17(21)19-10-4-2-3-5-11-19/h6-9,12,20H,2-5,10-11,13H2,1H3/b9-7+. The van der Waals surface area contributed by atoms with Crippen molar-refractivity contribution in [1.29, 1.82) is 0 Å². The molecule has 1 saturated heterocycles. The Morgan fingerprint density at radius 2 is 1.92 bits per heavy atom. The highest BCUT2D eigenvalue weighted by molar-refractivity contribution is 5.89. The lowest BCUT2D eigenvalue weighted by Gasteiger charge is -2.19. The second-order valence-corrected chi connectivity index (χ2v) is 5.67. The van der Waals surface area contributed by atoms with E-state index in [-0.39, 0.29) is 18.3 Å². The Bertz CT molecular complexity index is 603. The lowest BCUT2D eigenvalue weighted by atomic mass is 10.2. The molecule has 6 nitrogen and oxygen atoms in total. The number of hydrogen-bond donors (Lipinski definition) is 1. The SMILES string of the molecule is COc1cc(/C=C/C(=O)OCC(=O)N2CCCCCC2)ccc1O. The van der Waals surface area contributed by atoms with Crippen LogP contribution in [0.4, 0.5) is 0 Å². The Labute approximate surface area is 141 Å². The summed E-state index contributed by atoms with van der Waals surface area (Å²) in [4.78, 5) is 25.5. The van der Waals surface area contributed by atoms with E-state index >= 15 is 0 Å². The van der Waals surface area contributed by atoms with Gasteiger partial charge in [0.05, 0.1) is 7.11 Å². The van der Waals surface area contributed by atoms with E-state index in [4.69, 9.17) is 9.47 Å². The zero-order chi connectivity index (χ0) is 17.4. The highest BCUT2D eigenvalue weighted by atomic mass is 16.5. The number of esters is 1. The maximum absolute atomic E-state index is 12.0. The topological polar surface area (TPSA) is 76.1 Å². The smallest absolute Gasteiger partial charge is 0.331 e. The number of carbonyl (C=O) groups is 2. The molecule has 0 unspecified atom stereocenters. The van der Waals surface area contributed by atoms with Gasteiger partial charge in [-0.05, 0) is 36.6 Å². The van der Waals surface area contributed by atoms with Gasteiger partial charge >= 0.3 is 5.97 Å². The maximum atomic E-state index is 12.0. The summed E-state index contributed by atoms with van der Waals surface area (Å²) in [7, 11) is 1.45. The predicted octanol–water partition coefficient (Wildman–Crippen LogP) is 2.36. The molecule has 0 bridgehead atoms. The van der Waals surface area contributed by atoms with Crippen molar-refractivity contribution in [3.63, 3.8) is 0 Å². The first-order valence-corrected chi connectivity index (χ1v) is 8.10. The third kappa shape index (κ3) is 5.30. The first kappa shape index (κ1) is 17.8. The second kappa shape index (κ2) is 8.96. The number of methoxy groups -OCH3 is 1. The molecule has 1 fully saturated rings. The number of rotatable bonds is 5. The minimum Gasteiger partial charge on any atom is -0.504 e. The largest absolute Gasteiger partial charge is 0.504 e. The lowest BCUT2D eigenvalue weighted by Crippen LogP contribution is -2.35. The molecule has 0 aromatic heterocycles. The molecule has 1 heterocycles. The third-order valence-corrected chi connectivity index (χ3v) is 3.91. The summed E-state index contributed by atoms with van der Waals surface area (Å²) >= 11 is 0. The fourth-order valence-electron chi connectivity index (χ4n) is 2.55. The zero-order valence-electron chi connectivity index (χ0n) is 13.9. The van der Waals surface area contributed by atoms with Crippen LogP contribution in [-0.2, 0) is 14.3 Å². The highest BCUT2D eigenvalue weighted by Crippen LogP contribution is 2.26. The van der Waals surface area contributed by atoms with Crippen molar-refractivity contribution in [2.45, 2.75) is 25.7 Å². The molecule has 2 rings (SSSR count). The summed E-state index contributed by atoms with van der Waals surface area (Å²) in [5, 5.41) is 9.52. The van der Waals surface area contributed by atoms with Crippen LogP contribution in [0.3, 0.4) is 0 Å². The Kier molecular flexibility index (Phi) is 6.66. The first-order chi connectivity index (χ1) is 11.6. The second-order valence-electron chi connectivity index (χ2n) is 5.67. The number of ether oxygens (including phenoxy) is 2. The summed E-state index contributed by atoms with van der Waals surface area (Å²) in [5.74, 6) is -0.378. The van der Waals surface area contributed by atoms with Crippen molar-refractivity contribution in [2.75, 3.05) is 26.8 Å². The van der Waals surface area contributed by atoms with Gasteiger partial charge in [-0.25, -0.2) is 4.79 Å². The van der Waals surface area contributed by atoms with Gasteiger partial charge in [0, 0.05) is 19.2 Å². The van der Waals surface area contributed by atoms with Crippen LogP contribution in [0.2, 0.25) is 0 Å². The zero-order valence-corrected chi connectivity index (χ0v) is 13.9. The van der Waals surface area contributed by atoms with Crippen LogP contribution < -0.4 is 4.74 Å². The lowest BCUT2D eigenvalue weighted by molar-refractivity contribution is -0.148. The Morgan fingerprint density at radius 1 is 1.21 bits per heavy atom. The van der Waals surface area contributed by atoms with Crippen LogP contribution in [0.25, 0.3) is 6.08 Å². The molecule has 24 heavy (non-hydrogen) atoms. The number of hydrogen-bond acceptors (Lipinski definition) is 5. The van der Waals surface area contributed by atoms with Crippen LogP contribution in [0.5, 0.6) is 11.5 Å². The van der Waals surface area contributed by atoms with Crippen LogP contribution in [0.15, 0.2) is 24.3 Å². The molecule has 1 N–H and O–H groups in total. The fraction of sp³-hybridized carbons (Fsp3) is 0.444. The predicted molar refractivity (Wildman–Crippen MR) is 89.7 cm³/mol. The van der Waals surface area contributed by atoms with Gasteiger partial charge in [0.15, 0.2) is 18.1 Å². The van der Waals surface area contributed by atoms with Crippen molar-refractivity contribution in [3.8, 4) is 11.5 Å². The summed E-state index contributed by atoms with van der Waals surface area (Å²) in [6, 6.07) is 4.72. The number of carbonyl (C=O) groups excluding carboxylic acids is 2. The maximum Gasteiger partial charge on any atom is 0.331 e. The van der Waals surface area contributed by atoms with Gasteiger partial charge in [-0.1, -0.05) is 18.9 Å². The van der Waals surface area contributed by atoms with Crippen molar-refractivity contribution < 1.29 is 24.2 Å². The van der Waals surface area contributed by atoms with E-state index in [9.17, 15) is 14.7 Å². The van der Waals surface area contributed by atoms with Crippen molar-refractivity contribution >= 4 is 18.0 Å². The van der Waals surface area contributed by atoms with Crippen molar-refractivity contribution in [2.24, 2.45) is 0 Å². The minimum absolute atomic E-state index is 0.0280. The summed E-state index contributed by atoms with van der Waals surface area (Å²) < 4.78 is 10.0. The van der Waals surface area contributed by atoms with Crippen LogP contribution in [0, 0.1) is 0 Å². The van der Waals surface area contributed by atoms with E-state index in [0.717, 1.165) is 38.8 Å². The Balaban J connectivity index is 1.83. The molecule has 0 atom stereocenters. The Hall–Kier alpha value is -2.50. The van der Waals surface area contributed by atoms with Crippen LogP contribution in [0.1, 0.15) is 31.2 Å². The normalized spacial score (nSPS) is 15.1. The summed E-state index contributed by atoms with van der Waals surface area (Å²) in [6.45, 7) is 1.24. The molecule has 6 heteroatoms. The average molecular weight is 333 g/mol. The minimum atomic E-state index is -0.579. The monoisotopic (exact) mass is 333 g/mol. The molecule has 1 aliphatic heterocycles. The first-order valence-electron chi connectivity index (χ1n) is 8.10. The van der Waals surface area contributed by atoms with Gasteiger partial charge in [0.1, 0.15) is 0 Å². The number of nitrogens with zero attached hydrogens (tertiary/aromatic N) is 1. The van der Waals surface area contributed by atoms with Crippen molar-refractivity contribution in [3.05, 3.63) is 29.8 Å². The van der Waals surface area contributed by atoms with Gasteiger partial charge in [0.25, 0.3) is 5.91 Å². The molecule has 1 aromatic carbocycles. The van der Waals surface area contributed by atoms with Gasteiger partial charge in [-0.2, -0.15) is 0 Å². The molecule has 1 aliphatic rings. The van der Waals surface area contributed by atoms with E-state index in [1.165, 1.54) is 19.3 Å². The number of aromatic hydroxyl groups is 1. The highest BCUT2D eigenvalue weighted by Gasteiger charge is 2.16. The van der Waals surface area contributed by atoms with Crippen molar-refractivity contribution in [1.82, 2.24) is 4.90 Å². The molecular weight excluding hydrogens is 310 g/mol. The van der Waals surface area contributed by atoms with Gasteiger partial charge in [-0.3, -0.25) is 4.79 Å². The van der Waals surface area contributed by atoms with E-state index in [1.807, 2.05) is 0 Å². The third-order valence-electron chi connectivity index (χ3n) is 3.91. The molecule has 130 valence electrons. The number of phenols is 1. The molecule has 1 aromatic rings. The quantitative estimate of drug-likeness (QED) is 0.661. The number of amides is 1. The summed E-state index contributed by atoms with van der Waals surface area (Å²) in [6.07, 6.45) is 7.08. The molecule has 0 aliphatic carbocycles. The average Bonchev–Trinajstić information content (AvgIpc) is 2.88. The molecule has 1 amide bonds. The van der Waals surface area contributed by atoms with Gasteiger partial charge in [0.2, 0.25) is 0 Å². The number of benzene rings is 1. The van der Waals surface area contributed by atoms with E-state index in [1.54, 1.807) is 23.1 Å². The van der Waals surface area contributed by atoms with Gasteiger partial charge in [-0.15, -0.1) is 0 Å². The molecule has 0 radical (unpaired) electrons. The number of phenolic OH excluding ortho intramolecular Hbond substituents is 1. The molecule has 0 spiro atoms. The molecule has 0 saturated carbocycles. The van der Waals surface area contributed by atoms with E-state index in [2.05, 4.69) is 0 Å². The van der Waals surface area contributed by atoms with E-state index < -0.39 is 5.97 Å². The number of likely N-dealkylation sites (tertiary alicyclic amines) is 1. The fourth-order valence-corrected chi connectivity index (χ4v) is 2.55. The Morgan fingerprint density at radius 3 is 2.58 bits per heavy atom. The van der Waals surface area contributed by atoms with Gasteiger partial charge < -0.3 is 19.5 Å². The van der Waals surface area contributed by atoms with Crippen LogP contribution >= 0.6 is 0 Å². The molecular formula is C18H23NO5.